The fourth-order valence-electron chi connectivity index (χ4n) is 2.23. The first-order chi connectivity index (χ1) is 13.3. The summed E-state index contributed by atoms with van der Waals surface area (Å²) in [5, 5.41) is 0. The fourth-order valence-corrected chi connectivity index (χ4v) is 2.49. The van der Waals surface area contributed by atoms with Crippen LogP contribution in [0.3, 0.4) is 0 Å². The topological polar surface area (TPSA) is 133 Å². The van der Waals surface area contributed by atoms with Gasteiger partial charge in [-0.3, -0.25) is 9.35 Å². The Balaban J connectivity index is -0.00000392. The Morgan fingerprint density at radius 3 is 1.77 bits per heavy atom. The number of carbonyl (C=O) groups excluding carboxylic acids is 3. The van der Waals surface area contributed by atoms with E-state index in [4.69, 9.17) is 18.8 Å². The van der Waals surface area contributed by atoms with Gasteiger partial charge in [-0.05, 0) is 20.3 Å². The van der Waals surface area contributed by atoms with Crippen LogP contribution in [0.4, 0.5) is 0 Å². The Kier molecular flexibility index (Phi) is 16.1. The van der Waals surface area contributed by atoms with Crippen molar-refractivity contribution in [2.45, 2.75) is 52.9 Å². The van der Waals surface area contributed by atoms with E-state index in [1.807, 2.05) is 6.92 Å². The van der Waals surface area contributed by atoms with Crippen LogP contribution in [-0.2, 0) is 38.7 Å². The summed E-state index contributed by atoms with van der Waals surface area (Å²) in [7, 11) is -4.58. The average Bonchev–Trinajstić information content (AvgIpc) is 2.63. The van der Waals surface area contributed by atoms with Gasteiger partial charge < -0.3 is 15.6 Å². The minimum absolute atomic E-state index is 0. The molecule has 0 aromatic heterocycles. The van der Waals surface area contributed by atoms with Crippen molar-refractivity contribution in [1.82, 2.24) is 0 Å². The van der Waals surface area contributed by atoms with Gasteiger partial charge in [0.25, 0.3) is 0 Å². The van der Waals surface area contributed by atoms with Gasteiger partial charge in [-0.2, -0.15) is 8.42 Å². The molecule has 11 heteroatoms. The molecule has 0 saturated heterocycles. The molecular formula is C19H31KO9S. The zero-order valence-electron chi connectivity index (χ0n) is 19.2. The van der Waals surface area contributed by atoms with E-state index in [0.29, 0.717) is 6.42 Å². The molecule has 0 spiro atoms. The van der Waals surface area contributed by atoms with Gasteiger partial charge >= 0.3 is 79.4 Å². The first-order valence-electron chi connectivity index (χ1n) is 9.12. The SMILES string of the molecule is C=C(C)C(=O)OCC(CCCCCC)(COC(=O)C(=C)C)C(=O)OCS(=O)(=O)O.[H-].[K+]. The number of unbranched alkanes of at least 4 members (excludes halogenated alkanes) is 3. The minimum atomic E-state index is -4.58. The molecule has 0 saturated carbocycles. The Morgan fingerprint density at radius 1 is 0.933 bits per heavy atom. The quantitative estimate of drug-likeness (QED) is 0.0898. The van der Waals surface area contributed by atoms with E-state index < -0.39 is 52.6 Å². The Bertz CT molecular complexity index is 705. The molecule has 0 aliphatic carbocycles. The predicted octanol–water partition coefficient (Wildman–Crippen LogP) is -0.313. The van der Waals surface area contributed by atoms with Crippen molar-refractivity contribution in [3.63, 3.8) is 0 Å². The number of hydrogen-bond donors (Lipinski definition) is 1. The van der Waals surface area contributed by atoms with Gasteiger partial charge in [0.05, 0.1) is 0 Å². The van der Waals surface area contributed by atoms with Gasteiger partial charge in [0.1, 0.15) is 18.6 Å². The second-order valence-corrected chi connectivity index (χ2v) is 8.34. The van der Waals surface area contributed by atoms with E-state index in [0.717, 1.165) is 19.3 Å². The van der Waals surface area contributed by atoms with Crippen LogP contribution >= 0.6 is 0 Å². The third kappa shape index (κ3) is 13.0. The van der Waals surface area contributed by atoms with Crippen molar-refractivity contribution in [3.8, 4) is 0 Å². The van der Waals surface area contributed by atoms with Crippen LogP contribution in [-0.4, -0.2) is 50.0 Å². The van der Waals surface area contributed by atoms with E-state index in [1.165, 1.54) is 13.8 Å². The first kappa shape index (κ1) is 31.6. The van der Waals surface area contributed by atoms with Crippen molar-refractivity contribution in [1.29, 1.82) is 0 Å². The molecule has 0 aromatic carbocycles. The number of esters is 3. The van der Waals surface area contributed by atoms with Crippen molar-refractivity contribution < 1.29 is 94.4 Å². The van der Waals surface area contributed by atoms with E-state index in [2.05, 4.69) is 13.2 Å². The molecular weight excluding hydrogens is 443 g/mol. The summed E-state index contributed by atoms with van der Waals surface area (Å²) >= 11 is 0. The van der Waals surface area contributed by atoms with Crippen LogP contribution < -0.4 is 51.4 Å². The van der Waals surface area contributed by atoms with E-state index in [1.54, 1.807) is 0 Å². The molecule has 0 aliphatic heterocycles. The number of carbonyl (C=O) groups is 3. The average molecular weight is 475 g/mol. The molecule has 0 fully saturated rings. The Morgan fingerprint density at radius 2 is 1.40 bits per heavy atom. The van der Waals surface area contributed by atoms with Gasteiger partial charge in [0.2, 0.25) is 5.94 Å². The maximum Gasteiger partial charge on any atom is 1.00 e. The van der Waals surface area contributed by atoms with Gasteiger partial charge in [0.15, 0.2) is 0 Å². The molecule has 0 aromatic rings. The van der Waals surface area contributed by atoms with Gasteiger partial charge in [0, 0.05) is 11.1 Å². The summed E-state index contributed by atoms with van der Waals surface area (Å²) in [6.45, 7) is 10.7. The molecule has 0 radical (unpaired) electrons. The summed E-state index contributed by atoms with van der Waals surface area (Å²) in [5.41, 5.74) is -1.46. The summed E-state index contributed by atoms with van der Waals surface area (Å²) in [6, 6.07) is 0. The molecule has 30 heavy (non-hydrogen) atoms. The molecule has 0 bridgehead atoms. The van der Waals surface area contributed by atoms with E-state index in [9.17, 15) is 22.8 Å². The summed E-state index contributed by atoms with van der Waals surface area (Å²) < 4.78 is 45.7. The van der Waals surface area contributed by atoms with Crippen molar-refractivity contribution >= 4 is 28.0 Å². The van der Waals surface area contributed by atoms with E-state index >= 15 is 0 Å². The Labute approximate surface area is 222 Å². The minimum Gasteiger partial charge on any atom is -1.00 e. The van der Waals surface area contributed by atoms with Crippen molar-refractivity contribution in [3.05, 3.63) is 24.3 Å². The molecule has 0 atom stereocenters. The normalized spacial score (nSPS) is 11.1. The molecule has 9 nitrogen and oxygen atoms in total. The summed E-state index contributed by atoms with van der Waals surface area (Å²) in [6.07, 6.45) is 3.16. The number of rotatable bonds is 14. The van der Waals surface area contributed by atoms with Crippen LogP contribution in [0.15, 0.2) is 24.3 Å². The molecule has 0 rings (SSSR count). The third-order valence-corrected chi connectivity index (χ3v) is 4.35. The molecule has 1 N–H and O–H groups in total. The van der Waals surface area contributed by atoms with Crippen LogP contribution in [0, 0.1) is 5.41 Å². The second-order valence-electron chi connectivity index (χ2n) is 6.94. The second kappa shape index (κ2) is 15.3. The van der Waals surface area contributed by atoms with Gasteiger partial charge in [-0.15, -0.1) is 0 Å². The zero-order chi connectivity index (χ0) is 22.7. The third-order valence-electron chi connectivity index (χ3n) is 3.94. The predicted molar refractivity (Wildman–Crippen MR) is 106 cm³/mol. The van der Waals surface area contributed by atoms with Crippen LogP contribution in [0.5, 0.6) is 0 Å². The maximum atomic E-state index is 12.7. The van der Waals surface area contributed by atoms with Crippen molar-refractivity contribution in [2.24, 2.45) is 5.41 Å². The summed E-state index contributed by atoms with van der Waals surface area (Å²) in [4.78, 5) is 36.4. The number of ether oxygens (including phenoxy) is 3. The van der Waals surface area contributed by atoms with Crippen LogP contribution in [0.1, 0.15) is 54.3 Å². The molecule has 0 aliphatic rings. The van der Waals surface area contributed by atoms with Crippen LogP contribution in [0.25, 0.3) is 0 Å². The monoisotopic (exact) mass is 474 g/mol. The zero-order valence-corrected chi connectivity index (χ0v) is 22.1. The standard InChI is InChI=1S/C19H30O9S.K.H/c1-6-7-8-9-10-19(11-26-16(20)14(2)3,12-27-17(21)15(4)5)18(22)28-13-29(23,24)25;;/h2,4,6-13H2,1,3,5H3,(H,23,24,25);;/q;+1;-1. The smallest absolute Gasteiger partial charge is 1.00 e. The van der Waals surface area contributed by atoms with Gasteiger partial charge in [-0.25, -0.2) is 9.59 Å². The molecule has 0 amide bonds. The number of hydrogen-bond acceptors (Lipinski definition) is 8. The van der Waals surface area contributed by atoms with Gasteiger partial charge in [-0.1, -0.05) is 45.8 Å². The maximum absolute atomic E-state index is 12.7. The fraction of sp³-hybridized carbons (Fsp3) is 0.632. The van der Waals surface area contributed by atoms with Crippen LogP contribution in [0.2, 0.25) is 0 Å². The molecule has 0 unspecified atom stereocenters. The Hall–Kier alpha value is -0.564. The summed E-state index contributed by atoms with van der Waals surface area (Å²) in [5.74, 6) is -3.88. The van der Waals surface area contributed by atoms with Crippen molar-refractivity contribution in [2.75, 3.05) is 19.2 Å². The first-order valence-corrected chi connectivity index (χ1v) is 10.7. The van der Waals surface area contributed by atoms with E-state index in [-0.39, 0.29) is 70.4 Å². The largest absolute Gasteiger partial charge is 1.00 e. The molecule has 0 heterocycles. The molecule has 168 valence electrons.